The van der Waals surface area contributed by atoms with Crippen molar-refractivity contribution in [1.82, 2.24) is 20.3 Å². The van der Waals surface area contributed by atoms with E-state index in [9.17, 15) is 4.79 Å². The molecule has 7 nitrogen and oxygen atoms in total. The van der Waals surface area contributed by atoms with Gasteiger partial charge in [-0.25, -0.2) is 15.0 Å². The second-order valence-corrected chi connectivity index (χ2v) is 11.8. The molecule has 0 bridgehead atoms. The molecule has 214 valence electrons. The molecule has 0 saturated heterocycles. The Morgan fingerprint density at radius 2 is 1.63 bits per heavy atom. The van der Waals surface area contributed by atoms with Gasteiger partial charge in [0.1, 0.15) is 12.1 Å². The number of nitrogens with two attached hydrogens (primary N) is 1. The molecule has 43 heavy (non-hydrogen) atoms. The van der Waals surface area contributed by atoms with E-state index in [2.05, 4.69) is 64.8 Å². The number of benzene rings is 4. The zero-order valence-electron chi connectivity index (χ0n) is 24.2. The minimum Gasteiger partial charge on any atom is -0.399 e. The average Bonchev–Trinajstić information content (AvgIpc) is 3.02. The van der Waals surface area contributed by atoms with Gasteiger partial charge in [0.25, 0.3) is 5.91 Å². The first-order valence-electron chi connectivity index (χ1n) is 14.2. The number of carbonyl (C=O) groups is 1. The van der Waals surface area contributed by atoms with Gasteiger partial charge in [-0.05, 0) is 83.8 Å². The van der Waals surface area contributed by atoms with Crippen LogP contribution in [0.1, 0.15) is 54.3 Å². The van der Waals surface area contributed by atoms with Crippen LogP contribution in [0.2, 0.25) is 0 Å². The largest absolute Gasteiger partial charge is 0.399 e. The molecular weight excluding hydrogens is 552 g/mol. The Hall–Kier alpha value is -4.95. The Labute approximate surface area is 255 Å². The molecule has 4 N–H and O–H groups in total. The third-order valence-corrected chi connectivity index (χ3v) is 8.50. The van der Waals surface area contributed by atoms with Crippen molar-refractivity contribution in [1.29, 1.82) is 0 Å². The SMILES string of the molecule is CC(C)c1ccc2c(Nc3cccc(C(=O)N[C@@H](C)c4ccc5ccccc5c4)c3Sc3ccc(N)cc3)ncnc2n1. The number of nitrogens with one attached hydrogen (secondary N) is 2. The van der Waals surface area contributed by atoms with E-state index in [1.165, 1.54) is 23.5 Å². The topological polar surface area (TPSA) is 106 Å². The van der Waals surface area contributed by atoms with Crippen LogP contribution in [0.4, 0.5) is 17.2 Å². The fourth-order valence-corrected chi connectivity index (χ4v) is 5.93. The van der Waals surface area contributed by atoms with E-state index in [1.807, 2.05) is 73.7 Å². The smallest absolute Gasteiger partial charge is 0.252 e. The molecule has 6 aromatic rings. The first kappa shape index (κ1) is 28.2. The Morgan fingerprint density at radius 1 is 0.837 bits per heavy atom. The van der Waals surface area contributed by atoms with Gasteiger partial charge in [-0.1, -0.05) is 68.1 Å². The summed E-state index contributed by atoms with van der Waals surface area (Å²) in [6.45, 7) is 6.21. The number of hydrogen-bond acceptors (Lipinski definition) is 7. The highest BCUT2D eigenvalue weighted by Crippen LogP contribution is 2.39. The van der Waals surface area contributed by atoms with Gasteiger partial charge < -0.3 is 16.4 Å². The molecule has 0 fully saturated rings. The summed E-state index contributed by atoms with van der Waals surface area (Å²) >= 11 is 1.50. The molecule has 0 saturated carbocycles. The van der Waals surface area contributed by atoms with Gasteiger partial charge in [0.15, 0.2) is 5.65 Å². The number of hydrogen-bond donors (Lipinski definition) is 3. The lowest BCUT2D eigenvalue weighted by Gasteiger charge is -2.19. The molecule has 2 heterocycles. The van der Waals surface area contributed by atoms with Crippen LogP contribution in [0.5, 0.6) is 0 Å². The number of anilines is 3. The van der Waals surface area contributed by atoms with Gasteiger partial charge in [-0.15, -0.1) is 0 Å². The van der Waals surface area contributed by atoms with E-state index in [4.69, 9.17) is 10.7 Å². The van der Waals surface area contributed by atoms with Crippen molar-refractivity contribution in [3.63, 3.8) is 0 Å². The zero-order chi connectivity index (χ0) is 29.9. The van der Waals surface area contributed by atoms with Gasteiger partial charge >= 0.3 is 0 Å². The zero-order valence-corrected chi connectivity index (χ0v) is 25.0. The maximum atomic E-state index is 13.9. The highest BCUT2D eigenvalue weighted by molar-refractivity contribution is 7.99. The van der Waals surface area contributed by atoms with Crippen molar-refractivity contribution >= 4 is 56.7 Å². The fourth-order valence-electron chi connectivity index (χ4n) is 4.92. The maximum absolute atomic E-state index is 13.9. The molecule has 1 atom stereocenters. The van der Waals surface area contributed by atoms with Crippen molar-refractivity contribution < 1.29 is 4.79 Å². The van der Waals surface area contributed by atoms with Crippen LogP contribution >= 0.6 is 11.8 Å². The van der Waals surface area contributed by atoms with E-state index in [0.29, 0.717) is 22.7 Å². The van der Waals surface area contributed by atoms with Crippen LogP contribution < -0.4 is 16.4 Å². The summed E-state index contributed by atoms with van der Waals surface area (Å²) in [5, 5.41) is 9.80. The van der Waals surface area contributed by atoms with E-state index in [-0.39, 0.29) is 17.9 Å². The molecule has 0 spiro atoms. The third kappa shape index (κ3) is 6.15. The monoisotopic (exact) mass is 584 g/mol. The molecule has 1 amide bonds. The number of nitrogen functional groups attached to an aromatic ring is 1. The Balaban J connectivity index is 1.36. The molecule has 0 radical (unpaired) electrons. The Morgan fingerprint density at radius 3 is 2.42 bits per heavy atom. The lowest BCUT2D eigenvalue weighted by molar-refractivity contribution is 0.0937. The number of aromatic nitrogens is 3. The highest BCUT2D eigenvalue weighted by Gasteiger charge is 2.20. The van der Waals surface area contributed by atoms with Crippen molar-refractivity contribution in [3.05, 3.63) is 120 Å². The Bertz CT molecular complexity index is 1940. The molecule has 4 aromatic carbocycles. The summed E-state index contributed by atoms with van der Waals surface area (Å²) in [5.74, 6) is 0.734. The molecule has 2 aromatic heterocycles. The van der Waals surface area contributed by atoms with Crippen molar-refractivity contribution in [2.24, 2.45) is 0 Å². The second-order valence-electron chi connectivity index (χ2n) is 10.8. The van der Waals surface area contributed by atoms with Crippen molar-refractivity contribution in [2.45, 2.75) is 42.5 Å². The summed E-state index contributed by atoms with van der Waals surface area (Å²) in [6, 6.07) is 31.6. The van der Waals surface area contributed by atoms with Crippen LogP contribution in [-0.2, 0) is 0 Å². The lowest BCUT2D eigenvalue weighted by atomic mass is 10.0. The van der Waals surface area contributed by atoms with Crippen molar-refractivity contribution in [2.75, 3.05) is 11.1 Å². The number of carbonyl (C=O) groups excluding carboxylic acids is 1. The number of nitrogens with zero attached hydrogens (tertiary/aromatic N) is 3. The first-order chi connectivity index (χ1) is 20.9. The van der Waals surface area contributed by atoms with Crippen LogP contribution in [0.25, 0.3) is 21.8 Å². The summed E-state index contributed by atoms with van der Waals surface area (Å²) < 4.78 is 0. The van der Waals surface area contributed by atoms with E-state index in [0.717, 1.165) is 37.5 Å². The van der Waals surface area contributed by atoms with Gasteiger partial charge in [-0.2, -0.15) is 0 Å². The summed E-state index contributed by atoms with van der Waals surface area (Å²) in [5.41, 5.74) is 10.6. The Kier molecular flexibility index (Phi) is 7.94. The lowest BCUT2D eigenvalue weighted by Crippen LogP contribution is -2.27. The number of amides is 1. The predicted molar refractivity (Wildman–Crippen MR) is 176 cm³/mol. The minimum atomic E-state index is -0.199. The van der Waals surface area contributed by atoms with Crippen LogP contribution in [0, 0.1) is 0 Å². The fraction of sp³-hybridized carbons (Fsp3) is 0.143. The molecular formula is C35H32N6OS. The van der Waals surface area contributed by atoms with E-state index in [1.54, 1.807) is 0 Å². The van der Waals surface area contributed by atoms with Crippen LogP contribution in [0.3, 0.4) is 0 Å². The second kappa shape index (κ2) is 12.1. The molecule has 0 unspecified atom stereocenters. The van der Waals surface area contributed by atoms with Crippen molar-refractivity contribution in [3.8, 4) is 0 Å². The van der Waals surface area contributed by atoms with Crippen LogP contribution in [0.15, 0.2) is 113 Å². The molecule has 0 aliphatic heterocycles. The first-order valence-corrected chi connectivity index (χ1v) is 15.0. The minimum absolute atomic E-state index is 0.168. The molecule has 8 heteroatoms. The molecule has 0 aliphatic rings. The predicted octanol–water partition coefficient (Wildman–Crippen LogP) is 8.27. The van der Waals surface area contributed by atoms with Crippen LogP contribution in [-0.4, -0.2) is 20.9 Å². The standard InChI is InChI=1S/C35H32N6OS/c1-21(2)30-18-17-29-33(40-30)37-20-38-34(29)41-31-10-6-9-28(32(31)43-27-15-13-26(36)14-16-27)35(42)39-22(3)24-12-11-23-7-4-5-8-25(23)19-24/h4-22H,36H2,1-3H3,(H,39,42)(H,37,38,40,41)/t22-/m0/s1. The molecule has 0 aliphatic carbocycles. The number of pyridine rings is 1. The van der Waals surface area contributed by atoms with E-state index < -0.39 is 0 Å². The quantitative estimate of drug-likeness (QED) is 0.155. The summed E-state index contributed by atoms with van der Waals surface area (Å²) in [7, 11) is 0. The van der Waals surface area contributed by atoms with Gasteiger partial charge in [0.2, 0.25) is 0 Å². The summed E-state index contributed by atoms with van der Waals surface area (Å²) in [6.07, 6.45) is 1.51. The normalized spacial score (nSPS) is 12.0. The van der Waals surface area contributed by atoms with Gasteiger partial charge in [-0.3, -0.25) is 4.79 Å². The number of fused-ring (bicyclic) bond motifs is 2. The van der Waals surface area contributed by atoms with E-state index >= 15 is 0 Å². The molecule has 6 rings (SSSR count). The maximum Gasteiger partial charge on any atom is 0.252 e. The van der Waals surface area contributed by atoms with Gasteiger partial charge in [0.05, 0.1) is 22.7 Å². The average molecular weight is 585 g/mol. The van der Waals surface area contributed by atoms with Gasteiger partial charge in [0, 0.05) is 21.2 Å². The highest BCUT2D eigenvalue weighted by atomic mass is 32.2. The number of rotatable bonds is 8. The third-order valence-electron chi connectivity index (χ3n) is 7.34. The summed E-state index contributed by atoms with van der Waals surface area (Å²) in [4.78, 5) is 29.3.